The van der Waals surface area contributed by atoms with Gasteiger partial charge in [0.05, 0.1) is 6.20 Å². The van der Waals surface area contributed by atoms with Gasteiger partial charge in [0.15, 0.2) is 5.96 Å². The van der Waals surface area contributed by atoms with E-state index in [4.69, 9.17) is 0 Å². The largest absolute Gasteiger partial charge is 0.356 e. The topological polar surface area (TPSA) is 87.4 Å². The van der Waals surface area contributed by atoms with Gasteiger partial charge in [0.2, 0.25) is 5.91 Å². The lowest BCUT2D eigenvalue weighted by Gasteiger charge is -2.13. The lowest BCUT2D eigenvalue weighted by molar-refractivity contribution is -0.127. The molecule has 1 rings (SSSR count). The Balaban J connectivity index is 0.00000484. The average molecular weight is 455 g/mol. The van der Waals surface area contributed by atoms with Crippen molar-refractivity contribution in [3.63, 3.8) is 0 Å². The van der Waals surface area contributed by atoms with Gasteiger partial charge in [-0.2, -0.15) is 11.8 Å². The van der Waals surface area contributed by atoms with E-state index in [1.807, 2.05) is 6.20 Å². The minimum absolute atomic E-state index is 0. The summed E-state index contributed by atoms with van der Waals surface area (Å²) in [7, 11) is 3.45. The lowest BCUT2D eigenvalue weighted by Crippen LogP contribution is -2.40. The maximum absolute atomic E-state index is 11.6. The molecular weight excluding hydrogens is 429 g/mol. The second kappa shape index (κ2) is 13.4. The van der Waals surface area contributed by atoms with E-state index in [9.17, 15) is 4.79 Å². The Morgan fingerprint density at radius 2 is 2.09 bits per heavy atom. The molecule has 2 N–H and O–H groups in total. The van der Waals surface area contributed by atoms with Gasteiger partial charge in [-0.15, -0.1) is 29.1 Å². The van der Waals surface area contributed by atoms with Gasteiger partial charge in [0, 0.05) is 45.7 Å². The minimum atomic E-state index is -0.0198. The van der Waals surface area contributed by atoms with Crippen LogP contribution in [0.25, 0.3) is 0 Å². The Morgan fingerprint density at radius 1 is 1.35 bits per heavy atom. The number of guanidine groups is 1. The van der Waals surface area contributed by atoms with Crippen molar-refractivity contribution in [1.29, 1.82) is 0 Å². The predicted molar refractivity (Wildman–Crippen MR) is 105 cm³/mol. The summed E-state index contributed by atoms with van der Waals surface area (Å²) < 4.78 is 1.79. The van der Waals surface area contributed by atoms with Crippen LogP contribution in [0.15, 0.2) is 17.4 Å². The zero-order chi connectivity index (χ0) is 16.2. The molecule has 8 nitrogen and oxygen atoms in total. The highest BCUT2D eigenvalue weighted by molar-refractivity contribution is 14.0. The Bertz CT molecular complexity index is 453. The van der Waals surface area contributed by atoms with Crippen LogP contribution in [-0.2, 0) is 11.3 Å². The number of aliphatic imine (C=N–C) groups is 1. The molecule has 1 aromatic rings. The summed E-state index contributed by atoms with van der Waals surface area (Å²) in [6.45, 7) is 2.50. The maximum Gasteiger partial charge on any atom is 0.243 e. The predicted octanol–water partition coefficient (Wildman–Crippen LogP) is 0.273. The van der Waals surface area contributed by atoms with Gasteiger partial charge in [0.1, 0.15) is 6.54 Å². The standard InChI is InChI=1S/C13H25N7OS.HI/c1-19(2)12(21)11-16-13(15-7-10-22-3)14-5-4-8-20-9-6-17-18-20;/h6,9H,4-5,7-8,10-11H2,1-3H3,(H2,14,15,16);1H. The summed E-state index contributed by atoms with van der Waals surface area (Å²) in [6.07, 6.45) is 6.45. The van der Waals surface area contributed by atoms with Crippen LogP contribution in [0.4, 0.5) is 0 Å². The van der Waals surface area contributed by atoms with Crippen molar-refractivity contribution in [3.8, 4) is 0 Å². The number of thioether (sulfide) groups is 1. The molecule has 23 heavy (non-hydrogen) atoms. The molecule has 0 spiro atoms. The molecule has 0 fully saturated rings. The summed E-state index contributed by atoms with van der Waals surface area (Å²) in [5.41, 5.74) is 0. The van der Waals surface area contributed by atoms with E-state index < -0.39 is 0 Å². The van der Waals surface area contributed by atoms with Crippen molar-refractivity contribution >= 4 is 47.6 Å². The highest BCUT2D eigenvalue weighted by Gasteiger charge is 2.04. The summed E-state index contributed by atoms with van der Waals surface area (Å²) in [5.74, 6) is 1.64. The highest BCUT2D eigenvalue weighted by Crippen LogP contribution is 1.89. The van der Waals surface area contributed by atoms with Crippen LogP contribution in [0.3, 0.4) is 0 Å². The van der Waals surface area contributed by atoms with E-state index >= 15 is 0 Å². The van der Waals surface area contributed by atoms with Gasteiger partial charge >= 0.3 is 0 Å². The molecule has 0 bridgehead atoms. The first kappa shape index (κ1) is 22.0. The zero-order valence-electron chi connectivity index (χ0n) is 13.9. The Labute approximate surface area is 158 Å². The molecular formula is C13H26IN7OS. The van der Waals surface area contributed by atoms with E-state index in [0.717, 1.165) is 31.8 Å². The summed E-state index contributed by atoms with van der Waals surface area (Å²) in [5, 5.41) is 14.1. The highest BCUT2D eigenvalue weighted by atomic mass is 127. The van der Waals surface area contributed by atoms with Crippen molar-refractivity contribution in [2.75, 3.05) is 45.7 Å². The molecule has 132 valence electrons. The van der Waals surface area contributed by atoms with Gasteiger partial charge in [-0.05, 0) is 12.7 Å². The Morgan fingerprint density at radius 3 is 2.70 bits per heavy atom. The number of hydrogen-bond donors (Lipinski definition) is 2. The molecule has 0 radical (unpaired) electrons. The maximum atomic E-state index is 11.6. The molecule has 0 unspecified atom stereocenters. The third kappa shape index (κ3) is 10.4. The smallest absolute Gasteiger partial charge is 0.243 e. The molecule has 0 aliphatic heterocycles. The first-order chi connectivity index (χ1) is 10.6. The third-order valence-corrected chi connectivity index (χ3v) is 3.41. The monoisotopic (exact) mass is 455 g/mol. The van der Waals surface area contributed by atoms with Crippen LogP contribution in [0.1, 0.15) is 6.42 Å². The SMILES string of the molecule is CSCCNC(=NCC(=O)N(C)C)NCCCn1ccnn1.I. The average Bonchev–Trinajstić information content (AvgIpc) is 3.01. The molecule has 0 aromatic carbocycles. The number of aryl methyl sites for hydroxylation is 1. The van der Waals surface area contributed by atoms with Crippen LogP contribution >= 0.6 is 35.7 Å². The molecule has 0 aliphatic carbocycles. The number of hydrogen-bond acceptors (Lipinski definition) is 5. The molecule has 1 amide bonds. The Hall–Kier alpha value is -1.04. The van der Waals surface area contributed by atoms with E-state index in [2.05, 4.69) is 32.2 Å². The van der Waals surface area contributed by atoms with Gasteiger partial charge in [0.25, 0.3) is 0 Å². The van der Waals surface area contributed by atoms with Gasteiger partial charge in [-0.1, -0.05) is 5.21 Å². The number of carbonyl (C=O) groups excluding carboxylic acids is 1. The Kier molecular flexibility index (Phi) is 12.8. The number of amides is 1. The number of nitrogens with zero attached hydrogens (tertiary/aromatic N) is 5. The van der Waals surface area contributed by atoms with Crippen LogP contribution in [-0.4, -0.2) is 77.5 Å². The fraction of sp³-hybridized carbons (Fsp3) is 0.692. The zero-order valence-corrected chi connectivity index (χ0v) is 17.0. The minimum Gasteiger partial charge on any atom is -0.356 e. The molecule has 1 aromatic heterocycles. The van der Waals surface area contributed by atoms with E-state index in [1.165, 1.54) is 4.90 Å². The molecule has 0 saturated heterocycles. The second-order valence-corrected chi connectivity index (χ2v) is 5.80. The molecule has 10 heteroatoms. The number of halogens is 1. The number of carbonyl (C=O) groups is 1. The summed E-state index contributed by atoms with van der Waals surface area (Å²) in [4.78, 5) is 17.4. The quantitative estimate of drug-likeness (QED) is 0.241. The van der Waals surface area contributed by atoms with E-state index in [1.54, 1.807) is 36.7 Å². The number of likely N-dealkylation sites (N-methyl/N-ethyl adjacent to an activating group) is 1. The van der Waals surface area contributed by atoms with Crippen LogP contribution in [0.2, 0.25) is 0 Å². The molecule has 0 saturated carbocycles. The normalized spacial score (nSPS) is 10.8. The summed E-state index contributed by atoms with van der Waals surface area (Å²) >= 11 is 1.76. The third-order valence-electron chi connectivity index (χ3n) is 2.80. The number of aromatic nitrogens is 3. The van der Waals surface area contributed by atoms with Crippen molar-refractivity contribution < 1.29 is 4.79 Å². The first-order valence-corrected chi connectivity index (χ1v) is 8.58. The summed E-state index contributed by atoms with van der Waals surface area (Å²) in [6, 6.07) is 0. The van der Waals surface area contributed by atoms with Gasteiger partial charge in [-0.25, -0.2) is 4.99 Å². The van der Waals surface area contributed by atoms with Gasteiger partial charge < -0.3 is 15.5 Å². The van der Waals surface area contributed by atoms with Crippen molar-refractivity contribution in [2.24, 2.45) is 4.99 Å². The number of nitrogens with one attached hydrogen (secondary N) is 2. The second-order valence-electron chi connectivity index (χ2n) is 4.82. The first-order valence-electron chi connectivity index (χ1n) is 7.19. The van der Waals surface area contributed by atoms with E-state index in [0.29, 0.717) is 5.96 Å². The molecule has 1 heterocycles. The van der Waals surface area contributed by atoms with Gasteiger partial charge in [-0.3, -0.25) is 9.48 Å². The fourth-order valence-corrected chi connectivity index (χ4v) is 1.84. The van der Waals surface area contributed by atoms with Crippen molar-refractivity contribution in [1.82, 2.24) is 30.5 Å². The van der Waals surface area contributed by atoms with Crippen LogP contribution in [0.5, 0.6) is 0 Å². The molecule has 0 aliphatic rings. The van der Waals surface area contributed by atoms with Crippen LogP contribution < -0.4 is 10.6 Å². The number of rotatable bonds is 9. The van der Waals surface area contributed by atoms with Crippen molar-refractivity contribution in [2.45, 2.75) is 13.0 Å². The molecule has 0 atom stereocenters. The van der Waals surface area contributed by atoms with Crippen molar-refractivity contribution in [3.05, 3.63) is 12.4 Å². The van der Waals surface area contributed by atoms with E-state index in [-0.39, 0.29) is 36.4 Å². The van der Waals surface area contributed by atoms with Crippen LogP contribution in [0, 0.1) is 0 Å². The lowest BCUT2D eigenvalue weighted by atomic mass is 10.4. The fourth-order valence-electron chi connectivity index (χ4n) is 1.53.